The number of primary amides is 1. The zero-order chi connectivity index (χ0) is 17.8. The lowest BCUT2D eigenvalue weighted by Crippen LogP contribution is -2.39. The molecule has 1 aromatic rings. The van der Waals surface area contributed by atoms with Crippen LogP contribution >= 0.6 is 22.6 Å². The van der Waals surface area contributed by atoms with E-state index >= 15 is 0 Å². The maximum Gasteiger partial charge on any atom is 0.416 e. The number of rotatable bonds is 6. The van der Waals surface area contributed by atoms with Crippen molar-refractivity contribution in [2.75, 3.05) is 13.1 Å². The van der Waals surface area contributed by atoms with Gasteiger partial charge in [0.2, 0.25) is 15.9 Å². The van der Waals surface area contributed by atoms with Crippen LogP contribution in [0, 0.1) is 14.9 Å². The number of hydrogen-bond acceptors (Lipinski definition) is 4. The molecule has 6 nitrogen and oxygen atoms in total. The predicted molar refractivity (Wildman–Crippen MR) is 83.2 cm³/mol. The van der Waals surface area contributed by atoms with Gasteiger partial charge in [-0.3, -0.25) is 4.79 Å². The highest BCUT2D eigenvalue weighted by Crippen LogP contribution is 2.31. The highest BCUT2D eigenvalue weighted by molar-refractivity contribution is 14.1. The minimum Gasteiger partial charge on any atom is -0.369 e. The Hall–Kier alpha value is -1.39. The zero-order valence-electron chi connectivity index (χ0n) is 11.5. The number of hydrogen-bond donors (Lipinski definition) is 1. The number of nitrogens with two attached hydrogens (primary N) is 1. The van der Waals surface area contributed by atoms with Gasteiger partial charge in [0.15, 0.2) is 0 Å². The second-order valence-electron chi connectivity index (χ2n) is 4.49. The fourth-order valence-electron chi connectivity index (χ4n) is 1.70. The molecule has 0 aliphatic carbocycles. The van der Waals surface area contributed by atoms with Crippen LogP contribution in [-0.2, 0) is 26.7 Å². The van der Waals surface area contributed by atoms with Crippen molar-refractivity contribution in [3.05, 3.63) is 32.9 Å². The number of nitrogens with zero attached hydrogens (tertiary/aromatic N) is 2. The summed E-state index contributed by atoms with van der Waals surface area (Å²) in [5, 5.41) is 8.62. The van der Waals surface area contributed by atoms with E-state index in [1.54, 1.807) is 28.7 Å². The van der Waals surface area contributed by atoms with Gasteiger partial charge < -0.3 is 5.73 Å². The molecule has 0 atom stereocenters. The normalized spacial score (nSPS) is 12.2. The molecule has 23 heavy (non-hydrogen) atoms. The molecular weight excluding hydrogens is 450 g/mol. The average Bonchev–Trinajstić information content (AvgIpc) is 2.35. The van der Waals surface area contributed by atoms with Crippen LogP contribution in [0.2, 0.25) is 0 Å². The summed E-state index contributed by atoms with van der Waals surface area (Å²) in [5.41, 5.74) is 3.84. The van der Waals surface area contributed by atoms with Gasteiger partial charge in [0.1, 0.15) is 6.54 Å². The topological polar surface area (TPSA) is 104 Å². The van der Waals surface area contributed by atoms with Gasteiger partial charge >= 0.3 is 6.18 Å². The van der Waals surface area contributed by atoms with E-state index in [-0.39, 0.29) is 9.13 Å². The first kappa shape index (κ1) is 19.7. The second-order valence-corrected chi connectivity index (χ2v) is 7.71. The molecule has 0 aromatic heterocycles. The molecule has 0 heterocycles. The fourth-order valence-corrected chi connectivity index (χ4v) is 3.79. The van der Waals surface area contributed by atoms with Crippen molar-refractivity contribution in [1.29, 1.82) is 5.26 Å². The number of carbonyl (C=O) groups excluding carboxylic acids is 1. The summed E-state index contributed by atoms with van der Waals surface area (Å²) in [6.07, 6.45) is -4.61. The van der Waals surface area contributed by atoms with E-state index in [0.717, 1.165) is 6.07 Å². The quantitative estimate of drug-likeness (QED) is 0.512. The van der Waals surface area contributed by atoms with E-state index in [9.17, 15) is 26.4 Å². The Morgan fingerprint density at radius 3 is 2.43 bits per heavy atom. The Morgan fingerprint density at radius 2 is 1.96 bits per heavy atom. The summed E-state index contributed by atoms with van der Waals surface area (Å²) in [6.45, 7) is -1.34. The highest BCUT2D eigenvalue weighted by atomic mass is 127. The predicted octanol–water partition coefficient (Wildman–Crippen LogP) is 1.45. The molecule has 1 aromatic carbocycles. The number of halogens is 4. The summed E-state index contributed by atoms with van der Waals surface area (Å²) < 4.78 is 63.4. The molecule has 0 aliphatic heterocycles. The van der Waals surface area contributed by atoms with Crippen molar-refractivity contribution in [3.8, 4) is 6.07 Å². The van der Waals surface area contributed by atoms with E-state index in [2.05, 4.69) is 0 Å². The van der Waals surface area contributed by atoms with Crippen molar-refractivity contribution >= 4 is 38.5 Å². The second kappa shape index (κ2) is 7.45. The Bertz CT molecular complexity index is 744. The Labute approximate surface area is 144 Å². The third-order valence-corrected chi connectivity index (χ3v) is 4.97. The molecule has 0 spiro atoms. The summed E-state index contributed by atoms with van der Waals surface area (Å²) in [6, 6.07) is 4.45. The SMILES string of the molecule is N#CCN(CC(N)=O)S(=O)(=O)Cc1cc(I)cc(C(F)(F)F)c1. The van der Waals surface area contributed by atoms with Crippen LogP contribution < -0.4 is 5.73 Å². The van der Waals surface area contributed by atoms with E-state index in [4.69, 9.17) is 11.0 Å². The molecule has 0 bridgehead atoms. The average molecular weight is 461 g/mol. The van der Waals surface area contributed by atoms with Crippen LogP contribution in [0.4, 0.5) is 13.2 Å². The van der Waals surface area contributed by atoms with Gasteiger partial charge in [-0.2, -0.15) is 22.7 Å². The zero-order valence-corrected chi connectivity index (χ0v) is 14.4. The first-order valence-corrected chi connectivity index (χ1v) is 8.64. The molecule has 0 fully saturated rings. The fraction of sp³-hybridized carbons (Fsp3) is 0.333. The van der Waals surface area contributed by atoms with Crippen LogP contribution in [0.1, 0.15) is 11.1 Å². The third-order valence-electron chi connectivity index (χ3n) is 2.61. The van der Waals surface area contributed by atoms with E-state index < -0.39 is 46.5 Å². The van der Waals surface area contributed by atoms with Crippen LogP contribution in [0.25, 0.3) is 0 Å². The summed E-state index contributed by atoms with van der Waals surface area (Å²) >= 11 is 1.64. The summed E-state index contributed by atoms with van der Waals surface area (Å²) in [7, 11) is -4.17. The maximum absolute atomic E-state index is 12.8. The molecule has 0 aliphatic rings. The van der Waals surface area contributed by atoms with Gasteiger partial charge in [-0.1, -0.05) is 0 Å². The van der Waals surface area contributed by atoms with E-state index in [1.165, 1.54) is 6.07 Å². The number of nitriles is 1. The van der Waals surface area contributed by atoms with Gasteiger partial charge in [0, 0.05) is 3.57 Å². The molecule has 0 saturated heterocycles. The Balaban J connectivity index is 3.16. The monoisotopic (exact) mass is 461 g/mol. The van der Waals surface area contributed by atoms with E-state index in [1.807, 2.05) is 0 Å². The minimum absolute atomic E-state index is 0.100. The van der Waals surface area contributed by atoms with Crippen molar-refractivity contribution in [1.82, 2.24) is 4.31 Å². The van der Waals surface area contributed by atoms with Gasteiger partial charge in [-0.05, 0) is 46.4 Å². The molecule has 11 heteroatoms. The Morgan fingerprint density at radius 1 is 1.35 bits per heavy atom. The maximum atomic E-state index is 12.8. The molecule has 2 N–H and O–H groups in total. The van der Waals surface area contributed by atoms with Crippen molar-refractivity contribution in [2.45, 2.75) is 11.9 Å². The molecule has 0 radical (unpaired) electrons. The third kappa shape index (κ3) is 5.96. The smallest absolute Gasteiger partial charge is 0.369 e. The Kier molecular flexibility index (Phi) is 6.37. The van der Waals surface area contributed by atoms with Crippen molar-refractivity contribution in [2.24, 2.45) is 5.73 Å². The molecule has 0 saturated carbocycles. The molecule has 126 valence electrons. The van der Waals surface area contributed by atoms with E-state index in [0.29, 0.717) is 10.4 Å². The van der Waals surface area contributed by atoms with Gasteiger partial charge in [-0.25, -0.2) is 8.42 Å². The number of sulfonamides is 1. The lowest BCUT2D eigenvalue weighted by atomic mass is 10.1. The minimum atomic E-state index is -4.61. The van der Waals surface area contributed by atoms with Crippen molar-refractivity contribution in [3.63, 3.8) is 0 Å². The standard InChI is InChI=1S/C12H11F3IN3O3S/c13-12(14,15)9-3-8(4-10(16)5-9)7-23(21,22)19(2-1-17)6-11(18)20/h3-5H,2,6-7H2,(H2,18,20). The highest BCUT2D eigenvalue weighted by Gasteiger charge is 2.32. The molecule has 0 unspecified atom stereocenters. The lowest BCUT2D eigenvalue weighted by Gasteiger charge is -2.18. The number of amides is 1. The van der Waals surface area contributed by atoms with Crippen LogP contribution in [0.5, 0.6) is 0 Å². The van der Waals surface area contributed by atoms with Crippen LogP contribution in [-0.4, -0.2) is 31.7 Å². The van der Waals surface area contributed by atoms with Gasteiger partial charge in [-0.15, -0.1) is 0 Å². The first-order chi connectivity index (χ1) is 10.5. The summed E-state index contributed by atoms with van der Waals surface area (Å²) in [4.78, 5) is 10.9. The lowest BCUT2D eigenvalue weighted by molar-refractivity contribution is -0.137. The van der Waals surface area contributed by atoms with Crippen LogP contribution in [0.3, 0.4) is 0 Å². The first-order valence-electron chi connectivity index (χ1n) is 5.95. The number of benzene rings is 1. The number of carbonyl (C=O) groups is 1. The van der Waals surface area contributed by atoms with Crippen molar-refractivity contribution < 1.29 is 26.4 Å². The van der Waals surface area contributed by atoms with Gasteiger partial charge in [0.05, 0.1) is 23.9 Å². The van der Waals surface area contributed by atoms with Gasteiger partial charge in [0.25, 0.3) is 0 Å². The largest absolute Gasteiger partial charge is 0.416 e. The summed E-state index contributed by atoms with van der Waals surface area (Å²) in [5.74, 6) is -1.75. The molecular formula is C12H11F3IN3O3S. The number of alkyl halides is 3. The van der Waals surface area contributed by atoms with Crippen LogP contribution in [0.15, 0.2) is 18.2 Å². The molecule has 1 rings (SSSR count). The molecule has 1 amide bonds.